The molecule has 0 aliphatic heterocycles. The van der Waals surface area contributed by atoms with Crippen LogP contribution in [0.2, 0.25) is 5.02 Å². The first kappa shape index (κ1) is 9.72. The minimum atomic E-state index is 0.257. The standard InChI is InChI=1S/C12H13ClO/c1-8-5-6-10(13)7-11(8)12(14)9-3-2-4-9/h5-7,9H,2-4H2,1H3. The molecular weight excluding hydrogens is 196 g/mol. The fourth-order valence-electron chi connectivity index (χ4n) is 1.75. The van der Waals surface area contributed by atoms with Crippen molar-refractivity contribution in [1.82, 2.24) is 0 Å². The van der Waals surface area contributed by atoms with Crippen molar-refractivity contribution in [3.63, 3.8) is 0 Å². The fourth-order valence-corrected chi connectivity index (χ4v) is 1.92. The molecule has 0 atom stereocenters. The number of aryl methyl sites for hydroxylation is 1. The normalized spacial score (nSPS) is 16.4. The van der Waals surface area contributed by atoms with E-state index < -0.39 is 0 Å². The number of ketones is 1. The average Bonchev–Trinajstić information content (AvgIpc) is 2.06. The van der Waals surface area contributed by atoms with Gasteiger partial charge in [-0.3, -0.25) is 4.79 Å². The van der Waals surface area contributed by atoms with Gasteiger partial charge in [0.2, 0.25) is 0 Å². The van der Waals surface area contributed by atoms with Crippen molar-refractivity contribution in [3.8, 4) is 0 Å². The lowest BCUT2D eigenvalue weighted by Gasteiger charge is -2.24. The molecule has 0 heterocycles. The molecule has 1 aromatic rings. The van der Waals surface area contributed by atoms with E-state index in [-0.39, 0.29) is 11.7 Å². The van der Waals surface area contributed by atoms with Crippen molar-refractivity contribution in [2.75, 3.05) is 0 Å². The summed E-state index contributed by atoms with van der Waals surface area (Å²) in [5.74, 6) is 0.531. The number of benzene rings is 1. The van der Waals surface area contributed by atoms with E-state index in [1.807, 2.05) is 19.1 Å². The van der Waals surface area contributed by atoms with Crippen LogP contribution in [-0.4, -0.2) is 5.78 Å². The van der Waals surface area contributed by atoms with Gasteiger partial charge in [-0.05, 0) is 37.5 Å². The maximum atomic E-state index is 11.9. The van der Waals surface area contributed by atoms with Crippen molar-refractivity contribution in [2.24, 2.45) is 5.92 Å². The Morgan fingerprint density at radius 3 is 2.71 bits per heavy atom. The highest BCUT2D eigenvalue weighted by Crippen LogP contribution is 2.31. The smallest absolute Gasteiger partial charge is 0.166 e. The number of rotatable bonds is 2. The summed E-state index contributed by atoms with van der Waals surface area (Å²) in [5.41, 5.74) is 1.84. The number of carbonyl (C=O) groups is 1. The molecule has 0 bridgehead atoms. The zero-order chi connectivity index (χ0) is 10.1. The Balaban J connectivity index is 2.29. The number of Topliss-reactive ketones (excluding diaryl/α,β-unsaturated/α-hetero) is 1. The third-order valence-corrected chi connectivity index (χ3v) is 3.18. The van der Waals surface area contributed by atoms with Gasteiger partial charge in [-0.15, -0.1) is 0 Å². The minimum Gasteiger partial charge on any atom is -0.294 e. The first-order chi connectivity index (χ1) is 6.68. The molecular formula is C12H13ClO. The quantitative estimate of drug-likeness (QED) is 0.679. The van der Waals surface area contributed by atoms with Crippen LogP contribution in [0.25, 0.3) is 0 Å². The van der Waals surface area contributed by atoms with Crippen molar-refractivity contribution in [1.29, 1.82) is 0 Å². The highest BCUT2D eigenvalue weighted by molar-refractivity contribution is 6.31. The van der Waals surface area contributed by atoms with E-state index in [2.05, 4.69) is 0 Å². The summed E-state index contributed by atoms with van der Waals surface area (Å²) >= 11 is 5.87. The molecule has 1 aromatic carbocycles. The van der Waals surface area contributed by atoms with Crippen LogP contribution in [0.1, 0.15) is 35.2 Å². The third-order valence-electron chi connectivity index (χ3n) is 2.94. The molecule has 0 aromatic heterocycles. The number of carbonyl (C=O) groups excluding carboxylic acids is 1. The Labute approximate surface area is 89.1 Å². The Hall–Kier alpha value is -0.820. The van der Waals surface area contributed by atoms with Crippen molar-refractivity contribution in [2.45, 2.75) is 26.2 Å². The van der Waals surface area contributed by atoms with Crippen LogP contribution in [0.15, 0.2) is 18.2 Å². The molecule has 0 amide bonds. The summed E-state index contributed by atoms with van der Waals surface area (Å²) in [7, 11) is 0. The van der Waals surface area contributed by atoms with Crippen molar-refractivity contribution < 1.29 is 4.79 Å². The molecule has 0 N–H and O–H groups in total. The van der Waals surface area contributed by atoms with Gasteiger partial charge in [0, 0.05) is 16.5 Å². The summed E-state index contributed by atoms with van der Waals surface area (Å²) in [6.07, 6.45) is 3.28. The van der Waals surface area contributed by atoms with Gasteiger partial charge < -0.3 is 0 Å². The first-order valence-corrected chi connectivity index (χ1v) is 5.36. The van der Waals surface area contributed by atoms with Gasteiger partial charge in [-0.2, -0.15) is 0 Å². The lowest BCUT2D eigenvalue weighted by molar-refractivity contribution is 0.0854. The summed E-state index contributed by atoms with van der Waals surface area (Å²) < 4.78 is 0. The van der Waals surface area contributed by atoms with Gasteiger partial charge >= 0.3 is 0 Å². The van der Waals surface area contributed by atoms with Gasteiger partial charge in [0.25, 0.3) is 0 Å². The topological polar surface area (TPSA) is 17.1 Å². The van der Waals surface area contributed by atoms with Crippen molar-refractivity contribution >= 4 is 17.4 Å². The van der Waals surface area contributed by atoms with Crippen LogP contribution in [0.4, 0.5) is 0 Å². The minimum absolute atomic E-state index is 0.257. The number of hydrogen-bond donors (Lipinski definition) is 0. The molecule has 1 fully saturated rings. The Morgan fingerprint density at radius 2 is 2.14 bits per heavy atom. The second kappa shape index (κ2) is 3.74. The zero-order valence-corrected chi connectivity index (χ0v) is 8.97. The van der Waals surface area contributed by atoms with Crippen LogP contribution in [0, 0.1) is 12.8 Å². The molecule has 0 saturated heterocycles. The van der Waals surface area contributed by atoms with E-state index in [4.69, 9.17) is 11.6 Å². The van der Waals surface area contributed by atoms with Crippen LogP contribution >= 0.6 is 11.6 Å². The summed E-state index contributed by atoms with van der Waals surface area (Å²) in [4.78, 5) is 11.9. The Kier molecular flexibility index (Phi) is 2.60. The molecule has 1 saturated carbocycles. The van der Waals surface area contributed by atoms with Gasteiger partial charge in [0.15, 0.2) is 5.78 Å². The van der Waals surface area contributed by atoms with Gasteiger partial charge in [0.05, 0.1) is 0 Å². The Bertz CT molecular complexity index is 367. The summed E-state index contributed by atoms with van der Waals surface area (Å²) in [6.45, 7) is 1.96. The molecule has 0 radical (unpaired) electrons. The fraction of sp³-hybridized carbons (Fsp3) is 0.417. The van der Waals surface area contributed by atoms with E-state index in [9.17, 15) is 4.79 Å². The number of hydrogen-bond acceptors (Lipinski definition) is 1. The number of halogens is 1. The molecule has 1 aliphatic carbocycles. The Morgan fingerprint density at radius 1 is 1.43 bits per heavy atom. The molecule has 1 nitrogen and oxygen atoms in total. The van der Waals surface area contributed by atoms with Gasteiger partial charge in [-0.25, -0.2) is 0 Å². The molecule has 2 rings (SSSR count). The summed E-state index contributed by atoms with van der Waals surface area (Å²) in [5, 5.41) is 0.651. The third kappa shape index (κ3) is 1.69. The highest BCUT2D eigenvalue weighted by Gasteiger charge is 2.27. The molecule has 74 valence electrons. The molecule has 14 heavy (non-hydrogen) atoms. The molecule has 0 spiro atoms. The maximum Gasteiger partial charge on any atom is 0.166 e. The predicted molar refractivity (Wildman–Crippen MR) is 57.9 cm³/mol. The predicted octanol–water partition coefficient (Wildman–Crippen LogP) is 3.63. The van der Waals surface area contributed by atoms with Gasteiger partial charge in [0.1, 0.15) is 0 Å². The van der Waals surface area contributed by atoms with E-state index in [0.29, 0.717) is 5.02 Å². The zero-order valence-electron chi connectivity index (χ0n) is 8.22. The SMILES string of the molecule is Cc1ccc(Cl)cc1C(=O)C1CCC1. The largest absolute Gasteiger partial charge is 0.294 e. The lowest BCUT2D eigenvalue weighted by Crippen LogP contribution is -2.22. The second-order valence-electron chi connectivity index (χ2n) is 3.95. The van der Waals surface area contributed by atoms with Crippen LogP contribution < -0.4 is 0 Å². The highest BCUT2D eigenvalue weighted by atomic mass is 35.5. The van der Waals surface area contributed by atoms with Crippen molar-refractivity contribution in [3.05, 3.63) is 34.3 Å². The van der Waals surface area contributed by atoms with E-state index in [1.165, 1.54) is 6.42 Å². The maximum absolute atomic E-state index is 11.9. The van der Waals surface area contributed by atoms with E-state index in [1.54, 1.807) is 6.07 Å². The first-order valence-electron chi connectivity index (χ1n) is 4.99. The molecule has 2 heteroatoms. The monoisotopic (exact) mass is 208 g/mol. The van der Waals surface area contributed by atoms with E-state index >= 15 is 0 Å². The van der Waals surface area contributed by atoms with Crippen LogP contribution in [-0.2, 0) is 0 Å². The molecule has 1 aliphatic rings. The van der Waals surface area contributed by atoms with E-state index in [0.717, 1.165) is 24.0 Å². The van der Waals surface area contributed by atoms with Crippen LogP contribution in [0.3, 0.4) is 0 Å². The van der Waals surface area contributed by atoms with Crippen LogP contribution in [0.5, 0.6) is 0 Å². The lowest BCUT2D eigenvalue weighted by atomic mass is 9.79. The molecule has 0 unspecified atom stereocenters. The average molecular weight is 209 g/mol. The summed E-state index contributed by atoms with van der Waals surface area (Å²) in [6, 6.07) is 5.53. The van der Waals surface area contributed by atoms with Gasteiger partial charge in [-0.1, -0.05) is 24.1 Å². The second-order valence-corrected chi connectivity index (χ2v) is 4.39.